The third kappa shape index (κ3) is 1.57. The molecule has 4 nitrogen and oxygen atoms in total. The summed E-state index contributed by atoms with van der Waals surface area (Å²) in [7, 11) is 0. The number of rotatable bonds is 2. The lowest BCUT2D eigenvalue weighted by atomic mass is 10.1. The fourth-order valence-electron chi connectivity index (χ4n) is 1.40. The predicted molar refractivity (Wildman–Crippen MR) is 58.4 cm³/mol. The zero-order chi connectivity index (χ0) is 10.8. The summed E-state index contributed by atoms with van der Waals surface area (Å²) in [4.78, 5) is 10.7. The number of anilines is 2. The van der Waals surface area contributed by atoms with Crippen LogP contribution in [0.5, 0.6) is 0 Å². The van der Waals surface area contributed by atoms with Gasteiger partial charge in [0, 0.05) is 16.9 Å². The van der Waals surface area contributed by atoms with E-state index in [4.69, 9.17) is 15.9 Å². The lowest BCUT2D eigenvalue weighted by Gasteiger charge is -2.04. The molecule has 4 heteroatoms. The van der Waals surface area contributed by atoms with Crippen molar-refractivity contribution in [3.05, 3.63) is 36.1 Å². The number of nitrogen functional groups attached to an aromatic ring is 2. The van der Waals surface area contributed by atoms with Crippen molar-refractivity contribution in [2.24, 2.45) is 0 Å². The first-order valence-corrected chi connectivity index (χ1v) is 4.40. The summed E-state index contributed by atoms with van der Waals surface area (Å²) >= 11 is 0. The molecular formula is C11H10N2O2. The van der Waals surface area contributed by atoms with Crippen molar-refractivity contribution in [2.75, 3.05) is 11.5 Å². The minimum absolute atomic E-state index is 0.454. The molecule has 0 aliphatic carbocycles. The van der Waals surface area contributed by atoms with Crippen molar-refractivity contribution in [1.29, 1.82) is 0 Å². The maximum Gasteiger partial charge on any atom is 0.153 e. The van der Waals surface area contributed by atoms with Gasteiger partial charge in [0.1, 0.15) is 5.76 Å². The van der Waals surface area contributed by atoms with E-state index in [-0.39, 0.29) is 0 Å². The van der Waals surface area contributed by atoms with Gasteiger partial charge in [-0.25, -0.2) is 0 Å². The summed E-state index contributed by atoms with van der Waals surface area (Å²) < 4.78 is 5.21. The molecule has 0 saturated carbocycles. The highest BCUT2D eigenvalue weighted by Gasteiger charge is 2.11. The second-order valence-corrected chi connectivity index (χ2v) is 3.17. The number of furan rings is 1. The maximum absolute atomic E-state index is 10.7. The van der Waals surface area contributed by atoms with E-state index in [0.29, 0.717) is 28.3 Å². The number of benzene rings is 1. The molecule has 0 atom stereocenters. The Morgan fingerprint density at radius 3 is 2.73 bits per heavy atom. The molecule has 0 amide bonds. The van der Waals surface area contributed by atoms with E-state index < -0.39 is 0 Å². The van der Waals surface area contributed by atoms with Gasteiger partial charge < -0.3 is 15.9 Å². The molecule has 1 aromatic carbocycles. The Kier molecular flexibility index (Phi) is 2.17. The summed E-state index contributed by atoms with van der Waals surface area (Å²) in [6.07, 6.45) is 2.17. The number of carbonyl (C=O) groups excluding carboxylic acids is 1. The van der Waals surface area contributed by atoms with Crippen molar-refractivity contribution < 1.29 is 9.21 Å². The second-order valence-electron chi connectivity index (χ2n) is 3.17. The monoisotopic (exact) mass is 202 g/mol. The molecule has 76 valence electrons. The van der Waals surface area contributed by atoms with Crippen LogP contribution in [0.3, 0.4) is 0 Å². The molecule has 4 N–H and O–H groups in total. The Morgan fingerprint density at radius 2 is 2.00 bits per heavy atom. The van der Waals surface area contributed by atoms with Gasteiger partial charge in [0.05, 0.1) is 11.8 Å². The molecule has 0 radical (unpaired) electrons. The number of hydrogen-bond acceptors (Lipinski definition) is 4. The average Bonchev–Trinajstić information content (AvgIpc) is 2.69. The van der Waals surface area contributed by atoms with E-state index in [1.807, 2.05) is 0 Å². The summed E-state index contributed by atoms with van der Waals surface area (Å²) in [5, 5.41) is 0. The van der Waals surface area contributed by atoms with Gasteiger partial charge >= 0.3 is 0 Å². The van der Waals surface area contributed by atoms with Gasteiger partial charge in [-0.3, -0.25) is 4.79 Å². The first-order chi connectivity index (χ1) is 7.22. The van der Waals surface area contributed by atoms with Crippen LogP contribution < -0.4 is 11.5 Å². The third-order valence-electron chi connectivity index (χ3n) is 2.14. The molecule has 0 fully saturated rings. The summed E-state index contributed by atoms with van der Waals surface area (Å²) in [5.41, 5.74) is 13.6. The molecule has 2 aromatic rings. The zero-order valence-electron chi connectivity index (χ0n) is 7.94. The van der Waals surface area contributed by atoms with E-state index in [2.05, 4.69) is 0 Å². The maximum atomic E-state index is 10.7. The van der Waals surface area contributed by atoms with Crippen LogP contribution in [0.25, 0.3) is 11.3 Å². The predicted octanol–water partition coefficient (Wildman–Crippen LogP) is 1.92. The molecule has 0 saturated heterocycles. The second kappa shape index (κ2) is 3.49. The van der Waals surface area contributed by atoms with E-state index in [9.17, 15) is 4.79 Å². The van der Waals surface area contributed by atoms with Crippen LogP contribution in [0.15, 0.2) is 34.9 Å². The third-order valence-corrected chi connectivity index (χ3v) is 2.14. The Labute approximate surface area is 86.5 Å². The highest BCUT2D eigenvalue weighted by atomic mass is 16.3. The summed E-state index contributed by atoms with van der Waals surface area (Å²) in [5.74, 6) is 0.454. The SMILES string of the molecule is Nc1ccc(N)c(-c2occc2C=O)c1. The minimum atomic E-state index is 0.454. The van der Waals surface area contributed by atoms with Crippen LogP contribution in [0.4, 0.5) is 11.4 Å². The fraction of sp³-hybridized carbons (Fsp3) is 0. The van der Waals surface area contributed by atoms with Crippen LogP contribution in [0.1, 0.15) is 10.4 Å². The van der Waals surface area contributed by atoms with E-state index >= 15 is 0 Å². The van der Waals surface area contributed by atoms with Crippen molar-refractivity contribution in [3.63, 3.8) is 0 Å². The van der Waals surface area contributed by atoms with Gasteiger partial charge in [0.2, 0.25) is 0 Å². The van der Waals surface area contributed by atoms with E-state index in [1.165, 1.54) is 6.26 Å². The van der Waals surface area contributed by atoms with Crippen LogP contribution >= 0.6 is 0 Å². The topological polar surface area (TPSA) is 82.2 Å². The minimum Gasteiger partial charge on any atom is -0.464 e. The van der Waals surface area contributed by atoms with Gasteiger partial charge in [0.15, 0.2) is 6.29 Å². The van der Waals surface area contributed by atoms with Crippen molar-refractivity contribution in [3.8, 4) is 11.3 Å². The van der Waals surface area contributed by atoms with Gasteiger partial charge in [0.25, 0.3) is 0 Å². The smallest absolute Gasteiger partial charge is 0.153 e. The summed E-state index contributed by atoms with van der Waals surface area (Å²) in [6.45, 7) is 0. The van der Waals surface area contributed by atoms with E-state index in [0.717, 1.165) is 6.29 Å². The largest absolute Gasteiger partial charge is 0.464 e. The standard InChI is InChI=1S/C11H10N2O2/c12-8-1-2-10(13)9(5-8)11-7(6-14)3-4-15-11/h1-6H,12-13H2. The molecule has 1 aromatic heterocycles. The van der Waals surface area contributed by atoms with Crippen molar-refractivity contribution in [2.45, 2.75) is 0 Å². The number of carbonyl (C=O) groups is 1. The van der Waals surface area contributed by atoms with Crippen LogP contribution in [-0.4, -0.2) is 6.29 Å². The highest BCUT2D eigenvalue weighted by molar-refractivity contribution is 5.89. The van der Waals surface area contributed by atoms with Crippen molar-refractivity contribution >= 4 is 17.7 Å². The molecule has 1 heterocycles. The number of hydrogen-bond donors (Lipinski definition) is 2. The lowest BCUT2D eigenvalue weighted by molar-refractivity contribution is 0.112. The normalized spacial score (nSPS) is 10.1. The number of nitrogens with two attached hydrogens (primary N) is 2. The zero-order valence-corrected chi connectivity index (χ0v) is 7.94. The van der Waals surface area contributed by atoms with Gasteiger partial charge in [-0.05, 0) is 24.3 Å². The van der Waals surface area contributed by atoms with Crippen molar-refractivity contribution in [1.82, 2.24) is 0 Å². The van der Waals surface area contributed by atoms with E-state index in [1.54, 1.807) is 24.3 Å². The molecule has 0 aliphatic rings. The Morgan fingerprint density at radius 1 is 1.20 bits per heavy atom. The Bertz CT molecular complexity index is 503. The molecule has 0 bridgehead atoms. The van der Waals surface area contributed by atoms with Gasteiger partial charge in [-0.15, -0.1) is 0 Å². The molecule has 2 rings (SSSR count). The first kappa shape index (κ1) is 9.33. The molecule has 0 spiro atoms. The molecule has 0 aliphatic heterocycles. The Hall–Kier alpha value is -2.23. The van der Waals surface area contributed by atoms with Crippen LogP contribution in [0, 0.1) is 0 Å². The molecule has 15 heavy (non-hydrogen) atoms. The summed E-state index contributed by atoms with van der Waals surface area (Å²) in [6, 6.07) is 6.65. The molecular weight excluding hydrogens is 192 g/mol. The van der Waals surface area contributed by atoms with Crippen LogP contribution in [-0.2, 0) is 0 Å². The van der Waals surface area contributed by atoms with Crippen LogP contribution in [0.2, 0.25) is 0 Å². The first-order valence-electron chi connectivity index (χ1n) is 4.40. The quantitative estimate of drug-likeness (QED) is 0.575. The highest BCUT2D eigenvalue weighted by Crippen LogP contribution is 2.30. The number of aldehydes is 1. The lowest BCUT2D eigenvalue weighted by Crippen LogP contribution is -1.93. The average molecular weight is 202 g/mol. The fourth-order valence-corrected chi connectivity index (χ4v) is 1.40. The molecule has 0 unspecified atom stereocenters. The Balaban J connectivity index is 2.62. The van der Waals surface area contributed by atoms with Gasteiger partial charge in [-0.1, -0.05) is 0 Å². The van der Waals surface area contributed by atoms with Gasteiger partial charge in [-0.2, -0.15) is 0 Å².